The van der Waals surface area contributed by atoms with Crippen LogP contribution in [-0.2, 0) is 10.2 Å². The number of hydrogen-bond donors (Lipinski definition) is 2. The molecule has 1 atom stereocenters. The second-order valence-corrected chi connectivity index (χ2v) is 4.21. The van der Waals surface area contributed by atoms with Gasteiger partial charge in [0.15, 0.2) is 0 Å². The van der Waals surface area contributed by atoms with E-state index in [1.54, 1.807) is 0 Å². The van der Waals surface area contributed by atoms with E-state index < -0.39 is 5.41 Å². The number of carbonyl (C=O) groups excluding carboxylic acids is 1. The number of carbonyl (C=O) groups is 1. The molecular weight excluding hydrogens is 190 g/mol. The summed E-state index contributed by atoms with van der Waals surface area (Å²) in [6.45, 7) is 2.55. The van der Waals surface area contributed by atoms with Crippen LogP contribution in [-0.4, -0.2) is 24.2 Å². The number of aliphatic hydroxyl groups is 1. The minimum absolute atomic E-state index is 0.0105. The predicted molar refractivity (Wildman–Crippen MR) is 57.6 cm³/mol. The Hall–Kier alpha value is -1.35. The first-order valence-electron chi connectivity index (χ1n) is 5.12. The Morgan fingerprint density at radius 2 is 2.20 bits per heavy atom. The molecule has 1 fully saturated rings. The van der Waals surface area contributed by atoms with Crippen LogP contribution < -0.4 is 5.32 Å². The molecule has 0 saturated carbocycles. The molecule has 0 aliphatic carbocycles. The molecule has 1 aliphatic rings. The van der Waals surface area contributed by atoms with Crippen molar-refractivity contribution in [2.24, 2.45) is 0 Å². The molecule has 2 N–H and O–H groups in total. The summed E-state index contributed by atoms with van der Waals surface area (Å²) in [5.74, 6) is 0.0207. The van der Waals surface area contributed by atoms with Crippen LogP contribution in [0.1, 0.15) is 17.5 Å². The van der Waals surface area contributed by atoms with Crippen LogP contribution in [0, 0.1) is 6.92 Å². The third-order valence-electron chi connectivity index (χ3n) is 3.14. The molecule has 1 saturated heterocycles. The van der Waals surface area contributed by atoms with Gasteiger partial charge in [0.05, 0.1) is 6.61 Å². The average molecular weight is 205 g/mol. The van der Waals surface area contributed by atoms with Crippen LogP contribution >= 0.6 is 0 Å². The minimum atomic E-state index is -0.414. The van der Waals surface area contributed by atoms with Crippen LogP contribution in [0.5, 0.6) is 0 Å². The molecule has 1 unspecified atom stereocenters. The summed E-state index contributed by atoms with van der Waals surface area (Å²) >= 11 is 0. The number of aliphatic hydroxyl groups excluding tert-OH is 1. The molecule has 1 heterocycles. The maximum Gasteiger partial charge on any atom is 0.221 e. The molecular formula is C12H15NO2. The third kappa shape index (κ3) is 1.63. The van der Waals surface area contributed by atoms with E-state index in [1.165, 1.54) is 0 Å². The number of benzene rings is 1. The average Bonchev–Trinajstić information content (AvgIpc) is 2.62. The van der Waals surface area contributed by atoms with Crippen molar-refractivity contribution in [2.75, 3.05) is 13.2 Å². The molecule has 3 heteroatoms. The van der Waals surface area contributed by atoms with E-state index in [1.807, 2.05) is 31.2 Å². The highest BCUT2D eigenvalue weighted by Gasteiger charge is 2.40. The van der Waals surface area contributed by atoms with Gasteiger partial charge in [0.2, 0.25) is 5.91 Å². The van der Waals surface area contributed by atoms with Crippen LogP contribution in [0.25, 0.3) is 0 Å². The van der Waals surface area contributed by atoms with Gasteiger partial charge in [0.25, 0.3) is 0 Å². The van der Waals surface area contributed by atoms with Gasteiger partial charge in [-0.15, -0.1) is 0 Å². The van der Waals surface area contributed by atoms with Crippen molar-refractivity contribution < 1.29 is 9.90 Å². The van der Waals surface area contributed by atoms with E-state index in [2.05, 4.69) is 5.32 Å². The summed E-state index contributed by atoms with van der Waals surface area (Å²) in [5.41, 5.74) is 1.79. The summed E-state index contributed by atoms with van der Waals surface area (Å²) in [6, 6.07) is 7.91. The van der Waals surface area contributed by atoms with Crippen molar-refractivity contribution in [3.63, 3.8) is 0 Å². The van der Waals surface area contributed by atoms with Gasteiger partial charge in [0.1, 0.15) is 0 Å². The van der Waals surface area contributed by atoms with Gasteiger partial charge in [-0.25, -0.2) is 0 Å². The van der Waals surface area contributed by atoms with E-state index in [0.29, 0.717) is 13.0 Å². The van der Waals surface area contributed by atoms with Crippen molar-refractivity contribution >= 4 is 5.91 Å². The highest BCUT2D eigenvalue weighted by molar-refractivity contribution is 5.81. The summed E-state index contributed by atoms with van der Waals surface area (Å²) in [7, 11) is 0. The van der Waals surface area contributed by atoms with Crippen LogP contribution in [0.15, 0.2) is 24.3 Å². The van der Waals surface area contributed by atoms with Crippen molar-refractivity contribution in [1.82, 2.24) is 5.32 Å². The molecule has 0 spiro atoms. The SMILES string of the molecule is Cc1ccccc1C1(CO)CNC(=O)C1. The molecule has 15 heavy (non-hydrogen) atoms. The Bertz CT molecular complexity index is 389. The number of nitrogens with one attached hydrogen (secondary N) is 1. The fourth-order valence-electron chi connectivity index (χ4n) is 2.26. The maximum atomic E-state index is 11.3. The van der Waals surface area contributed by atoms with Crippen LogP contribution in [0.4, 0.5) is 0 Å². The van der Waals surface area contributed by atoms with Crippen molar-refractivity contribution in [3.05, 3.63) is 35.4 Å². The number of aryl methyl sites for hydroxylation is 1. The van der Waals surface area contributed by atoms with E-state index in [9.17, 15) is 9.90 Å². The molecule has 1 aromatic carbocycles. The first-order valence-corrected chi connectivity index (χ1v) is 5.12. The van der Waals surface area contributed by atoms with Gasteiger partial charge in [-0.1, -0.05) is 24.3 Å². The fraction of sp³-hybridized carbons (Fsp3) is 0.417. The lowest BCUT2D eigenvalue weighted by Gasteiger charge is -2.26. The molecule has 1 aromatic rings. The summed E-state index contributed by atoms with van der Waals surface area (Å²) in [6.07, 6.45) is 0.383. The summed E-state index contributed by atoms with van der Waals surface area (Å²) in [5, 5.41) is 12.3. The van der Waals surface area contributed by atoms with Crippen molar-refractivity contribution in [1.29, 1.82) is 0 Å². The Labute approximate surface area is 89.1 Å². The molecule has 1 amide bonds. The Kier molecular flexibility index (Phi) is 2.49. The van der Waals surface area contributed by atoms with E-state index in [4.69, 9.17) is 0 Å². The molecule has 0 bridgehead atoms. The standard InChI is InChI=1S/C12H15NO2/c1-9-4-2-3-5-10(9)12(8-14)6-11(15)13-7-12/h2-5,14H,6-8H2,1H3,(H,13,15). The zero-order valence-corrected chi connectivity index (χ0v) is 8.79. The normalized spacial score (nSPS) is 25.3. The molecule has 3 nitrogen and oxygen atoms in total. The van der Waals surface area contributed by atoms with Gasteiger partial charge in [-0.3, -0.25) is 4.79 Å². The van der Waals surface area contributed by atoms with Gasteiger partial charge in [-0.05, 0) is 18.1 Å². The predicted octanol–water partition coefficient (Wildman–Crippen LogP) is 0.745. The first-order chi connectivity index (χ1) is 7.18. The second kappa shape index (κ2) is 3.66. The quantitative estimate of drug-likeness (QED) is 0.748. The van der Waals surface area contributed by atoms with Crippen LogP contribution in [0.2, 0.25) is 0 Å². The molecule has 0 aromatic heterocycles. The van der Waals surface area contributed by atoms with E-state index >= 15 is 0 Å². The molecule has 0 radical (unpaired) electrons. The summed E-state index contributed by atoms with van der Waals surface area (Å²) in [4.78, 5) is 11.3. The van der Waals surface area contributed by atoms with Crippen molar-refractivity contribution in [2.45, 2.75) is 18.8 Å². The molecule has 80 valence electrons. The Balaban J connectivity index is 2.43. The Morgan fingerprint density at radius 1 is 1.47 bits per heavy atom. The lowest BCUT2D eigenvalue weighted by Crippen LogP contribution is -2.33. The van der Waals surface area contributed by atoms with Gasteiger partial charge in [-0.2, -0.15) is 0 Å². The van der Waals surface area contributed by atoms with Gasteiger partial charge >= 0.3 is 0 Å². The third-order valence-corrected chi connectivity index (χ3v) is 3.14. The van der Waals surface area contributed by atoms with Crippen molar-refractivity contribution in [3.8, 4) is 0 Å². The molecule has 1 aliphatic heterocycles. The largest absolute Gasteiger partial charge is 0.395 e. The highest BCUT2D eigenvalue weighted by atomic mass is 16.3. The lowest BCUT2D eigenvalue weighted by atomic mass is 9.78. The monoisotopic (exact) mass is 205 g/mol. The smallest absolute Gasteiger partial charge is 0.221 e. The highest BCUT2D eigenvalue weighted by Crippen LogP contribution is 2.32. The zero-order valence-electron chi connectivity index (χ0n) is 8.79. The number of rotatable bonds is 2. The van der Waals surface area contributed by atoms with E-state index in [-0.39, 0.29) is 12.5 Å². The summed E-state index contributed by atoms with van der Waals surface area (Å²) < 4.78 is 0. The topological polar surface area (TPSA) is 49.3 Å². The first kappa shape index (κ1) is 10.2. The second-order valence-electron chi connectivity index (χ2n) is 4.21. The lowest BCUT2D eigenvalue weighted by molar-refractivity contribution is -0.119. The maximum absolute atomic E-state index is 11.3. The molecule has 2 rings (SSSR count). The van der Waals surface area contributed by atoms with Crippen LogP contribution in [0.3, 0.4) is 0 Å². The Morgan fingerprint density at radius 3 is 2.73 bits per heavy atom. The fourth-order valence-corrected chi connectivity index (χ4v) is 2.26. The number of hydrogen-bond acceptors (Lipinski definition) is 2. The minimum Gasteiger partial charge on any atom is -0.395 e. The van der Waals surface area contributed by atoms with E-state index in [0.717, 1.165) is 11.1 Å². The zero-order chi connectivity index (χ0) is 10.9. The van der Waals surface area contributed by atoms with Gasteiger partial charge < -0.3 is 10.4 Å². The number of amides is 1. The van der Waals surface area contributed by atoms with Gasteiger partial charge in [0, 0.05) is 18.4 Å².